The topological polar surface area (TPSA) is 72.9 Å². The highest BCUT2D eigenvalue weighted by molar-refractivity contribution is 9.10. The van der Waals surface area contributed by atoms with Gasteiger partial charge in [-0.2, -0.15) is 0 Å². The number of amides is 3. The molecule has 2 aromatic rings. The molecule has 1 atom stereocenters. The number of benzene rings is 2. The number of hydrogen-bond acceptors (Lipinski definition) is 3. The van der Waals surface area contributed by atoms with Crippen LogP contribution in [0.5, 0.6) is 5.75 Å². The minimum atomic E-state index is -0.503. The van der Waals surface area contributed by atoms with E-state index in [-0.39, 0.29) is 24.2 Å². The van der Waals surface area contributed by atoms with Crippen molar-refractivity contribution in [2.75, 3.05) is 18.5 Å². The molecule has 0 fully saturated rings. The second-order valence-electron chi connectivity index (χ2n) is 6.26. The Kier molecular flexibility index (Phi) is 3.96. The molecule has 2 heterocycles. The van der Waals surface area contributed by atoms with Crippen LogP contribution in [0.25, 0.3) is 0 Å². The SMILES string of the molecule is CN1C(=O)N[C@@H](c2ccc(Br)cc2)C2=C1CN(c1cccc(O)c1)C2=O. The van der Waals surface area contributed by atoms with E-state index in [1.807, 2.05) is 24.3 Å². The van der Waals surface area contributed by atoms with E-state index in [1.165, 1.54) is 4.90 Å². The molecular weight excluding hydrogens is 398 g/mol. The molecule has 132 valence electrons. The highest BCUT2D eigenvalue weighted by Crippen LogP contribution is 2.38. The molecule has 2 N–H and O–H groups in total. The number of carbonyl (C=O) groups excluding carboxylic acids is 2. The number of nitrogens with one attached hydrogen (secondary N) is 1. The van der Waals surface area contributed by atoms with Crippen molar-refractivity contribution in [1.82, 2.24) is 10.2 Å². The smallest absolute Gasteiger partial charge is 0.322 e. The molecule has 4 rings (SSSR count). The molecule has 2 aromatic carbocycles. The van der Waals surface area contributed by atoms with Gasteiger partial charge in [-0.3, -0.25) is 9.69 Å². The lowest BCUT2D eigenvalue weighted by Crippen LogP contribution is -2.45. The van der Waals surface area contributed by atoms with E-state index in [9.17, 15) is 14.7 Å². The standard InChI is InChI=1S/C19H16BrN3O3/c1-22-15-10-23(13-3-2-4-14(24)9-13)18(25)16(15)17(21-19(22)26)11-5-7-12(20)8-6-11/h2-9,17,24H,10H2,1H3,(H,21,26)/t17-/m0/s1. The van der Waals surface area contributed by atoms with Crippen LogP contribution < -0.4 is 10.2 Å². The van der Waals surface area contributed by atoms with Gasteiger partial charge in [-0.25, -0.2) is 4.79 Å². The first-order chi connectivity index (χ1) is 12.5. The number of carbonyl (C=O) groups is 2. The van der Waals surface area contributed by atoms with Crippen molar-refractivity contribution in [1.29, 1.82) is 0 Å². The maximum Gasteiger partial charge on any atom is 0.322 e. The van der Waals surface area contributed by atoms with Crippen LogP contribution in [0.2, 0.25) is 0 Å². The van der Waals surface area contributed by atoms with E-state index in [0.29, 0.717) is 17.0 Å². The van der Waals surface area contributed by atoms with Gasteiger partial charge in [0.25, 0.3) is 5.91 Å². The third-order valence-electron chi connectivity index (χ3n) is 4.71. The maximum atomic E-state index is 13.2. The number of phenols is 1. The Morgan fingerprint density at radius 2 is 1.88 bits per heavy atom. The number of urea groups is 1. The number of aromatic hydroxyl groups is 1. The summed E-state index contributed by atoms with van der Waals surface area (Å²) >= 11 is 3.40. The first kappa shape index (κ1) is 16.7. The van der Waals surface area contributed by atoms with Crippen LogP contribution in [0.3, 0.4) is 0 Å². The molecule has 2 aliphatic heterocycles. The van der Waals surface area contributed by atoms with Crippen molar-refractivity contribution >= 4 is 33.6 Å². The Morgan fingerprint density at radius 1 is 1.15 bits per heavy atom. The van der Waals surface area contributed by atoms with Crippen LogP contribution in [0.15, 0.2) is 64.3 Å². The van der Waals surface area contributed by atoms with Crippen LogP contribution in [-0.2, 0) is 4.79 Å². The van der Waals surface area contributed by atoms with Gasteiger partial charge in [0.2, 0.25) is 0 Å². The lowest BCUT2D eigenvalue weighted by Gasteiger charge is -2.31. The van der Waals surface area contributed by atoms with Crippen molar-refractivity contribution in [3.05, 3.63) is 69.8 Å². The third kappa shape index (κ3) is 2.64. The molecule has 2 aliphatic rings. The zero-order valence-electron chi connectivity index (χ0n) is 13.9. The largest absolute Gasteiger partial charge is 0.508 e. The number of anilines is 1. The summed E-state index contributed by atoms with van der Waals surface area (Å²) in [4.78, 5) is 28.6. The van der Waals surface area contributed by atoms with Gasteiger partial charge < -0.3 is 15.3 Å². The highest BCUT2D eigenvalue weighted by Gasteiger charge is 2.43. The quantitative estimate of drug-likeness (QED) is 0.793. The summed E-state index contributed by atoms with van der Waals surface area (Å²) in [6.07, 6.45) is 0. The minimum absolute atomic E-state index is 0.0900. The predicted molar refractivity (Wildman–Crippen MR) is 101 cm³/mol. The van der Waals surface area contributed by atoms with E-state index in [2.05, 4.69) is 21.2 Å². The highest BCUT2D eigenvalue weighted by atomic mass is 79.9. The molecule has 0 unspecified atom stereocenters. The summed E-state index contributed by atoms with van der Waals surface area (Å²) in [5, 5.41) is 12.6. The van der Waals surface area contributed by atoms with Crippen LogP contribution in [0.4, 0.5) is 10.5 Å². The van der Waals surface area contributed by atoms with Gasteiger partial charge in [0.05, 0.1) is 23.9 Å². The number of phenolic OH excluding ortho intramolecular Hbond substituents is 1. The van der Waals surface area contributed by atoms with Gasteiger partial charge in [-0.1, -0.05) is 34.1 Å². The first-order valence-electron chi connectivity index (χ1n) is 8.09. The summed E-state index contributed by atoms with van der Waals surface area (Å²) in [7, 11) is 1.65. The van der Waals surface area contributed by atoms with Crippen molar-refractivity contribution in [2.45, 2.75) is 6.04 Å². The molecule has 6 nitrogen and oxygen atoms in total. The molecule has 26 heavy (non-hydrogen) atoms. The molecule has 0 radical (unpaired) electrons. The molecule has 0 bridgehead atoms. The Labute approximate surface area is 158 Å². The van der Waals surface area contributed by atoms with E-state index >= 15 is 0 Å². The summed E-state index contributed by atoms with van der Waals surface area (Å²) < 4.78 is 0.925. The fraction of sp³-hybridized carbons (Fsp3) is 0.158. The van der Waals surface area contributed by atoms with Crippen molar-refractivity contribution in [2.24, 2.45) is 0 Å². The van der Waals surface area contributed by atoms with E-state index in [0.717, 1.165) is 10.0 Å². The fourth-order valence-corrected chi connectivity index (χ4v) is 3.61. The summed E-state index contributed by atoms with van der Waals surface area (Å²) in [5.41, 5.74) is 2.67. The number of likely N-dealkylation sites (N-methyl/N-ethyl adjacent to an activating group) is 1. The summed E-state index contributed by atoms with van der Waals surface area (Å²) in [6, 6.07) is 13.3. The van der Waals surface area contributed by atoms with Crippen LogP contribution in [-0.4, -0.2) is 35.5 Å². The Hall–Kier alpha value is -2.80. The van der Waals surface area contributed by atoms with Crippen molar-refractivity contribution in [3.63, 3.8) is 0 Å². The Bertz CT molecular complexity index is 939. The van der Waals surface area contributed by atoms with Crippen LogP contribution >= 0.6 is 15.9 Å². The molecule has 0 saturated heterocycles. The van der Waals surface area contributed by atoms with Crippen LogP contribution in [0, 0.1) is 0 Å². The Balaban J connectivity index is 1.76. The van der Waals surface area contributed by atoms with Gasteiger partial charge >= 0.3 is 6.03 Å². The van der Waals surface area contributed by atoms with E-state index in [4.69, 9.17) is 0 Å². The van der Waals surface area contributed by atoms with Gasteiger partial charge in [-0.15, -0.1) is 0 Å². The second-order valence-corrected chi connectivity index (χ2v) is 7.18. The van der Waals surface area contributed by atoms with E-state index < -0.39 is 6.04 Å². The maximum absolute atomic E-state index is 13.2. The summed E-state index contributed by atoms with van der Waals surface area (Å²) in [5.74, 6) is -0.0856. The number of hydrogen-bond donors (Lipinski definition) is 2. The zero-order valence-corrected chi connectivity index (χ0v) is 15.5. The van der Waals surface area contributed by atoms with Gasteiger partial charge in [0.15, 0.2) is 0 Å². The fourth-order valence-electron chi connectivity index (χ4n) is 3.34. The predicted octanol–water partition coefficient (Wildman–Crippen LogP) is 3.15. The molecule has 0 spiro atoms. The molecule has 0 aromatic heterocycles. The molecule has 3 amide bonds. The monoisotopic (exact) mass is 413 g/mol. The van der Waals surface area contributed by atoms with Crippen LogP contribution in [0.1, 0.15) is 11.6 Å². The number of halogens is 1. The lowest BCUT2D eigenvalue weighted by molar-refractivity contribution is -0.114. The average molecular weight is 414 g/mol. The number of nitrogens with zero attached hydrogens (tertiary/aromatic N) is 2. The Morgan fingerprint density at radius 3 is 2.58 bits per heavy atom. The average Bonchev–Trinajstić information content (AvgIpc) is 2.97. The molecule has 0 saturated carbocycles. The molecule has 0 aliphatic carbocycles. The zero-order chi connectivity index (χ0) is 18.4. The molecule has 7 heteroatoms. The normalized spacial score (nSPS) is 19.7. The van der Waals surface area contributed by atoms with Crippen molar-refractivity contribution in [3.8, 4) is 5.75 Å². The minimum Gasteiger partial charge on any atom is -0.508 e. The molecular formula is C19H16BrN3O3. The number of rotatable bonds is 2. The van der Waals surface area contributed by atoms with Gasteiger partial charge in [0, 0.05) is 23.3 Å². The first-order valence-corrected chi connectivity index (χ1v) is 8.88. The van der Waals surface area contributed by atoms with Gasteiger partial charge in [0.1, 0.15) is 5.75 Å². The summed E-state index contributed by atoms with van der Waals surface area (Å²) in [6.45, 7) is 0.286. The van der Waals surface area contributed by atoms with Crippen molar-refractivity contribution < 1.29 is 14.7 Å². The second kappa shape index (κ2) is 6.17. The van der Waals surface area contributed by atoms with Gasteiger partial charge in [-0.05, 0) is 29.8 Å². The lowest BCUT2D eigenvalue weighted by atomic mass is 9.96. The van der Waals surface area contributed by atoms with E-state index in [1.54, 1.807) is 36.2 Å². The third-order valence-corrected chi connectivity index (χ3v) is 5.23.